The van der Waals surface area contributed by atoms with Crippen LogP contribution in [-0.2, 0) is 21.2 Å². The van der Waals surface area contributed by atoms with Crippen molar-refractivity contribution in [2.45, 2.75) is 30.8 Å². The summed E-state index contributed by atoms with van der Waals surface area (Å²) in [6.07, 6.45) is 1.78. The molecule has 0 atom stereocenters. The Labute approximate surface area is 188 Å². The van der Waals surface area contributed by atoms with Crippen molar-refractivity contribution in [2.24, 2.45) is 0 Å². The van der Waals surface area contributed by atoms with Gasteiger partial charge in [0.25, 0.3) is 15.7 Å². The van der Waals surface area contributed by atoms with E-state index >= 15 is 0 Å². The predicted octanol–water partition coefficient (Wildman–Crippen LogP) is 4.06. The number of alkyl halides is 3. The lowest BCUT2D eigenvalue weighted by Crippen LogP contribution is -2.33. The topological polar surface area (TPSA) is 88.5 Å². The summed E-state index contributed by atoms with van der Waals surface area (Å²) in [5.74, 6) is -0.618. The molecule has 0 saturated heterocycles. The number of amides is 2. The maximum atomic E-state index is 12.7. The van der Waals surface area contributed by atoms with Crippen molar-refractivity contribution in [1.82, 2.24) is 9.47 Å². The largest absolute Gasteiger partial charge is 0.501 e. The van der Waals surface area contributed by atoms with E-state index in [0.29, 0.717) is 18.8 Å². The van der Waals surface area contributed by atoms with Gasteiger partial charge in [-0.2, -0.15) is 13.2 Å². The molecule has 0 aliphatic rings. The van der Waals surface area contributed by atoms with Crippen molar-refractivity contribution in [3.63, 3.8) is 0 Å². The number of nitrogens with zero attached hydrogens (tertiary/aromatic N) is 2. The number of benzene rings is 2. The molecule has 11 heteroatoms. The number of carbonyl (C=O) groups excluding carboxylic acids is 2. The fourth-order valence-electron chi connectivity index (χ4n) is 3.36. The number of hydrogen-bond donors (Lipinski definition) is 1. The average molecular weight is 481 g/mol. The van der Waals surface area contributed by atoms with Gasteiger partial charge >= 0.3 is 5.51 Å². The van der Waals surface area contributed by atoms with Crippen molar-refractivity contribution in [3.05, 3.63) is 60.3 Å². The van der Waals surface area contributed by atoms with E-state index in [-0.39, 0.29) is 18.0 Å². The first-order chi connectivity index (χ1) is 15.5. The molecular weight excluding hydrogens is 459 g/mol. The second-order valence-electron chi connectivity index (χ2n) is 7.21. The molecule has 0 saturated carbocycles. The van der Waals surface area contributed by atoms with E-state index in [1.165, 1.54) is 0 Å². The Hall–Kier alpha value is -3.34. The van der Waals surface area contributed by atoms with Crippen LogP contribution in [0.4, 0.5) is 18.9 Å². The summed E-state index contributed by atoms with van der Waals surface area (Å²) in [7, 11) is -5.48. The van der Waals surface area contributed by atoms with Crippen molar-refractivity contribution in [3.8, 4) is 0 Å². The fraction of sp³-hybridized carbons (Fsp3) is 0.273. The molecule has 1 N–H and O–H groups in total. The lowest BCUT2D eigenvalue weighted by atomic mass is 10.2. The molecule has 2 amide bonds. The maximum absolute atomic E-state index is 12.7. The molecule has 0 aliphatic heterocycles. The van der Waals surface area contributed by atoms with E-state index in [9.17, 15) is 31.2 Å². The Morgan fingerprint density at radius 1 is 1.00 bits per heavy atom. The SMILES string of the molecule is CCN(CC)C(=O)Cn1ccc2cc(NC(=O)c3ccc(S(=O)(=O)C(F)(F)F)cc3)ccc21. The molecule has 3 rings (SSSR count). The summed E-state index contributed by atoms with van der Waals surface area (Å²) in [5.41, 5.74) is -4.18. The van der Waals surface area contributed by atoms with E-state index in [1.807, 2.05) is 13.8 Å². The lowest BCUT2D eigenvalue weighted by Gasteiger charge is -2.19. The second kappa shape index (κ2) is 9.26. The highest BCUT2D eigenvalue weighted by Crippen LogP contribution is 2.30. The fourth-order valence-corrected chi connectivity index (χ4v) is 4.12. The molecule has 176 valence electrons. The molecule has 1 aromatic heterocycles. The minimum Gasteiger partial charge on any atom is -0.342 e. The van der Waals surface area contributed by atoms with Crippen LogP contribution < -0.4 is 5.32 Å². The van der Waals surface area contributed by atoms with Crippen molar-refractivity contribution in [1.29, 1.82) is 0 Å². The van der Waals surface area contributed by atoms with E-state index in [4.69, 9.17) is 0 Å². The number of aromatic nitrogens is 1. The first kappa shape index (κ1) is 24.3. The van der Waals surface area contributed by atoms with Gasteiger partial charge in [0.15, 0.2) is 0 Å². The van der Waals surface area contributed by atoms with E-state index in [2.05, 4.69) is 5.32 Å². The maximum Gasteiger partial charge on any atom is 0.501 e. The van der Waals surface area contributed by atoms with Gasteiger partial charge in [-0.3, -0.25) is 9.59 Å². The highest BCUT2D eigenvalue weighted by atomic mass is 32.2. The minimum atomic E-state index is -5.48. The summed E-state index contributed by atoms with van der Waals surface area (Å²) in [4.78, 5) is 25.6. The summed E-state index contributed by atoms with van der Waals surface area (Å²) >= 11 is 0. The van der Waals surface area contributed by atoms with Crippen LogP contribution in [0.3, 0.4) is 0 Å². The smallest absolute Gasteiger partial charge is 0.342 e. The molecule has 0 bridgehead atoms. The summed E-state index contributed by atoms with van der Waals surface area (Å²) in [6, 6.07) is 10.4. The number of fused-ring (bicyclic) bond motifs is 1. The molecule has 0 aliphatic carbocycles. The molecule has 1 heterocycles. The highest BCUT2D eigenvalue weighted by Gasteiger charge is 2.46. The van der Waals surface area contributed by atoms with Gasteiger partial charge in [-0.25, -0.2) is 8.42 Å². The Balaban J connectivity index is 1.75. The van der Waals surface area contributed by atoms with Crippen LogP contribution in [-0.4, -0.2) is 48.3 Å². The van der Waals surface area contributed by atoms with Crippen LogP contribution in [0.1, 0.15) is 24.2 Å². The third-order valence-corrected chi connectivity index (χ3v) is 6.68. The second-order valence-corrected chi connectivity index (χ2v) is 9.15. The highest BCUT2D eigenvalue weighted by molar-refractivity contribution is 7.92. The standard InChI is InChI=1S/C22H22F3N3O4S/c1-3-27(4-2)20(29)14-28-12-11-16-13-17(7-10-19(16)28)26-21(30)15-5-8-18(9-6-15)33(31,32)22(23,24)25/h5-13H,3-4,14H2,1-2H3,(H,26,30). The molecular formula is C22H22F3N3O4S. The Kier molecular flexibility index (Phi) is 6.82. The van der Waals surface area contributed by atoms with Crippen LogP contribution in [0.5, 0.6) is 0 Å². The molecule has 0 spiro atoms. The van der Waals surface area contributed by atoms with Gasteiger partial charge < -0.3 is 14.8 Å². The number of carbonyl (C=O) groups is 2. The Morgan fingerprint density at radius 2 is 1.64 bits per heavy atom. The monoisotopic (exact) mass is 481 g/mol. The third-order valence-electron chi connectivity index (χ3n) is 5.18. The minimum absolute atomic E-state index is 0.00129. The molecule has 2 aromatic carbocycles. The molecule has 3 aromatic rings. The average Bonchev–Trinajstić information content (AvgIpc) is 3.15. The normalized spacial score (nSPS) is 12.0. The first-order valence-electron chi connectivity index (χ1n) is 10.1. The molecule has 7 nitrogen and oxygen atoms in total. The van der Waals surface area contributed by atoms with Gasteiger partial charge in [-0.15, -0.1) is 0 Å². The quantitative estimate of drug-likeness (QED) is 0.551. The summed E-state index contributed by atoms with van der Waals surface area (Å²) in [5, 5.41) is 3.41. The molecule has 0 fully saturated rings. The first-order valence-corrected chi connectivity index (χ1v) is 11.6. The van der Waals surface area contributed by atoms with Gasteiger partial charge in [0.2, 0.25) is 5.91 Å². The van der Waals surface area contributed by atoms with Crippen molar-refractivity contribution in [2.75, 3.05) is 18.4 Å². The van der Waals surface area contributed by atoms with Gasteiger partial charge in [0.05, 0.1) is 4.90 Å². The molecule has 0 unspecified atom stereocenters. The van der Waals surface area contributed by atoms with Crippen LogP contribution >= 0.6 is 0 Å². The van der Waals surface area contributed by atoms with Crippen LogP contribution in [0, 0.1) is 0 Å². The summed E-state index contributed by atoms with van der Waals surface area (Å²) in [6.45, 7) is 5.24. The zero-order chi connectivity index (χ0) is 24.4. The van der Waals surface area contributed by atoms with Crippen LogP contribution in [0.2, 0.25) is 0 Å². The van der Waals surface area contributed by atoms with Crippen molar-refractivity contribution >= 4 is 38.2 Å². The van der Waals surface area contributed by atoms with Crippen LogP contribution in [0.25, 0.3) is 10.9 Å². The number of rotatable bonds is 7. The predicted molar refractivity (Wildman–Crippen MR) is 118 cm³/mol. The molecule has 0 radical (unpaired) electrons. The van der Waals surface area contributed by atoms with Gasteiger partial charge in [-0.1, -0.05) is 0 Å². The third kappa shape index (κ3) is 5.03. The summed E-state index contributed by atoms with van der Waals surface area (Å²) < 4.78 is 62.6. The number of nitrogens with one attached hydrogen (secondary N) is 1. The zero-order valence-electron chi connectivity index (χ0n) is 17.9. The zero-order valence-corrected chi connectivity index (χ0v) is 18.7. The van der Waals surface area contributed by atoms with E-state index in [1.54, 1.807) is 39.9 Å². The Bertz CT molecular complexity index is 1280. The van der Waals surface area contributed by atoms with Gasteiger partial charge in [-0.05, 0) is 62.4 Å². The number of hydrogen-bond acceptors (Lipinski definition) is 4. The van der Waals surface area contributed by atoms with Crippen molar-refractivity contribution < 1.29 is 31.2 Å². The lowest BCUT2D eigenvalue weighted by molar-refractivity contribution is -0.131. The Morgan fingerprint density at radius 3 is 2.21 bits per heavy atom. The number of sulfone groups is 1. The number of anilines is 1. The number of halogens is 3. The van der Waals surface area contributed by atoms with Gasteiger partial charge in [0, 0.05) is 41.4 Å². The van der Waals surface area contributed by atoms with E-state index < -0.39 is 26.1 Å². The molecule has 33 heavy (non-hydrogen) atoms. The van der Waals surface area contributed by atoms with Gasteiger partial charge in [0.1, 0.15) is 6.54 Å². The van der Waals surface area contributed by atoms with Crippen LogP contribution in [0.15, 0.2) is 59.6 Å². The van der Waals surface area contributed by atoms with E-state index in [0.717, 1.165) is 35.2 Å². The number of likely N-dealkylation sites (N-methyl/N-ethyl adjacent to an activating group) is 1.